The molecule has 4 nitrogen and oxygen atoms in total. The Morgan fingerprint density at radius 1 is 1.44 bits per heavy atom. The summed E-state index contributed by atoms with van der Waals surface area (Å²) in [6.45, 7) is 4.19. The summed E-state index contributed by atoms with van der Waals surface area (Å²) in [5.41, 5.74) is 0.559. The summed E-state index contributed by atoms with van der Waals surface area (Å²) >= 11 is 0. The molecule has 1 aromatic carbocycles. The van der Waals surface area contributed by atoms with Crippen molar-refractivity contribution in [3.05, 3.63) is 29.8 Å². The van der Waals surface area contributed by atoms with E-state index < -0.39 is 0 Å². The molecule has 0 aliphatic rings. The summed E-state index contributed by atoms with van der Waals surface area (Å²) in [4.78, 5) is 11.6. The number of aliphatic hydroxyl groups is 1. The first-order valence-corrected chi connectivity index (χ1v) is 5.32. The van der Waals surface area contributed by atoms with Crippen molar-refractivity contribution < 1.29 is 14.6 Å². The Kier molecular flexibility index (Phi) is 4.79. The normalized spacial score (nSPS) is 11.9. The molecule has 0 aliphatic carbocycles. The van der Waals surface area contributed by atoms with Gasteiger partial charge in [-0.15, -0.1) is 0 Å². The van der Waals surface area contributed by atoms with Gasteiger partial charge in [-0.2, -0.15) is 0 Å². The van der Waals surface area contributed by atoms with Crippen LogP contribution in [-0.4, -0.2) is 30.3 Å². The van der Waals surface area contributed by atoms with Gasteiger partial charge in [0, 0.05) is 11.6 Å². The first kappa shape index (κ1) is 12.5. The summed E-state index contributed by atoms with van der Waals surface area (Å²) in [5.74, 6) is 0.554. The zero-order valence-electron chi connectivity index (χ0n) is 9.56. The van der Waals surface area contributed by atoms with Gasteiger partial charge >= 0.3 is 0 Å². The molecule has 0 saturated heterocycles. The van der Waals surface area contributed by atoms with Crippen LogP contribution in [0.25, 0.3) is 0 Å². The number of carbonyl (C=O) groups is 1. The van der Waals surface area contributed by atoms with E-state index in [2.05, 4.69) is 5.32 Å². The third-order valence-electron chi connectivity index (χ3n) is 2.08. The Morgan fingerprint density at radius 2 is 2.06 bits per heavy atom. The fourth-order valence-electron chi connectivity index (χ4n) is 1.22. The molecule has 0 bridgehead atoms. The van der Waals surface area contributed by atoms with Crippen LogP contribution >= 0.6 is 0 Å². The average Bonchev–Trinajstić information content (AvgIpc) is 2.30. The van der Waals surface area contributed by atoms with Gasteiger partial charge in [-0.05, 0) is 38.1 Å². The first-order valence-electron chi connectivity index (χ1n) is 5.32. The number of hydrogen-bond donors (Lipinski definition) is 2. The lowest BCUT2D eigenvalue weighted by molar-refractivity contribution is 0.0922. The van der Waals surface area contributed by atoms with Crippen LogP contribution in [0.4, 0.5) is 0 Å². The third kappa shape index (κ3) is 3.55. The van der Waals surface area contributed by atoms with E-state index in [1.165, 1.54) is 0 Å². The maximum absolute atomic E-state index is 11.6. The van der Waals surface area contributed by atoms with E-state index in [9.17, 15) is 4.79 Å². The van der Waals surface area contributed by atoms with Crippen LogP contribution in [-0.2, 0) is 0 Å². The molecule has 4 heteroatoms. The van der Waals surface area contributed by atoms with Crippen LogP contribution in [0.3, 0.4) is 0 Å². The lowest BCUT2D eigenvalue weighted by Gasteiger charge is -2.11. The molecule has 0 saturated carbocycles. The molecule has 1 amide bonds. The van der Waals surface area contributed by atoms with Gasteiger partial charge in [-0.1, -0.05) is 0 Å². The molecule has 0 aliphatic heterocycles. The Morgan fingerprint density at radius 3 is 2.56 bits per heavy atom. The van der Waals surface area contributed by atoms with E-state index in [4.69, 9.17) is 9.84 Å². The van der Waals surface area contributed by atoms with Gasteiger partial charge in [0.05, 0.1) is 13.2 Å². The largest absolute Gasteiger partial charge is 0.494 e. The zero-order valence-corrected chi connectivity index (χ0v) is 9.56. The van der Waals surface area contributed by atoms with E-state index in [1.54, 1.807) is 31.2 Å². The number of amides is 1. The fourth-order valence-corrected chi connectivity index (χ4v) is 1.22. The number of ether oxygens (including phenoxy) is 1. The third-order valence-corrected chi connectivity index (χ3v) is 2.08. The topological polar surface area (TPSA) is 58.6 Å². The quantitative estimate of drug-likeness (QED) is 0.788. The molecular formula is C12H17NO3. The smallest absolute Gasteiger partial charge is 0.251 e. The minimum Gasteiger partial charge on any atom is -0.494 e. The number of rotatable bonds is 5. The van der Waals surface area contributed by atoms with Crippen LogP contribution < -0.4 is 10.1 Å². The van der Waals surface area contributed by atoms with Gasteiger partial charge in [0.25, 0.3) is 5.91 Å². The number of carbonyl (C=O) groups excluding carboxylic acids is 1. The summed E-state index contributed by atoms with van der Waals surface area (Å²) in [5, 5.41) is 11.5. The lowest BCUT2D eigenvalue weighted by Crippen LogP contribution is -2.34. The van der Waals surface area contributed by atoms with Crippen molar-refractivity contribution in [2.24, 2.45) is 0 Å². The monoisotopic (exact) mass is 223 g/mol. The number of aliphatic hydroxyl groups excluding tert-OH is 1. The standard InChI is InChI=1S/C12H17NO3/c1-3-16-11-6-4-10(5-7-11)12(15)13-9(2)8-14/h4-7,9,14H,3,8H2,1-2H3,(H,13,15)/t9-/m1/s1. The highest BCUT2D eigenvalue weighted by Crippen LogP contribution is 2.11. The summed E-state index contributed by atoms with van der Waals surface area (Å²) in [7, 11) is 0. The van der Waals surface area contributed by atoms with Gasteiger partial charge in [-0.3, -0.25) is 4.79 Å². The molecule has 0 fully saturated rings. The van der Waals surface area contributed by atoms with Crippen molar-refractivity contribution in [3.8, 4) is 5.75 Å². The average molecular weight is 223 g/mol. The van der Waals surface area contributed by atoms with Crippen LogP contribution in [0, 0.1) is 0 Å². The minimum absolute atomic E-state index is 0.0667. The Hall–Kier alpha value is -1.55. The summed E-state index contributed by atoms with van der Waals surface area (Å²) < 4.78 is 5.27. The molecule has 0 radical (unpaired) electrons. The first-order chi connectivity index (χ1) is 7.67. The summed E-state index contributed by atoms with van der Waals surface area (Å²) in [6, 6.07) is 6.66. The van der Waals surface area contributed by atoms with Crippen LogP contribution in [0.15, 0.2) is 24.3 Å². The van der Waals surface area contributed by atoms with Crippen molar-refractivity contribution in [1.29, 1.82) is 0 Å². The van der Waals surface area contributed by atoms with E-state index >= 15 is 0 Å². The predicted molar refractivity (Wildman–Crippen MR) is 61.6 cm³/mol. The lowest BCUT2D eigenvalue weighted by atomic mass is 10.2. The second kappa shape index (κ2) is 6.12. The maximum atomic E-state index is 11.6. The predicted octanol–water partition coefficient (Wildman–Crippen LogP) is 1.20. The van der Waals surface area contributed by atoms with Crippen LogP contribution in [0.5, 0.6) is 5.75 Å². The minimum atomic E-state index is -0.237. The van der Waals surface area contributed by atoms with E-state index in [0.717, 1.165) is 5.75 Å². The van der Waals surface area contributed by atoms with Gasteiger partial charge in [0.15, 0.2) is 0 Å². The molecule has 0 spiro atoms. The van der Waals surface area contributed by atoms with Crippen molar-refractivity contribution in [1.82, 2.24) is 5.32 Å². The molecule has 2 N–H and O–H groups in total. The van der Waals surface area contributed by atoms with E-state index in [1.807, 2.05) is 6.92 Å². The zero-order chi connectivity index (χ0) is 12.0. The molecule has 1 rings (SSSR count). The maximum Gasteiger partial charge on any atom is 0.251 e. The highest BCUT2D eigenvalue weighted by molar-refractivity contribution is 5.94. The van der Waals surface area contributed by atoms with E-state index in [0.29, 0.717) is 12.2 Å². The Balaban J connectivity index is 2.63. The van der Waals surface area contributed by atoms with Gasteiger partial charge in [-0.25, -0.2) is 0 Å². The van der Waals surface area contributed by atoms with Crippen LogP contribution in [0.2, 0.25) is 0 Å². The number of nitrogens with one attached hydrogen (secondary N) is 1. The molecule has 0 heterocycles. The molecule has 16 heavy (non-hydrogen) atoms. The molecule has 88 valence electrons. The second-order valence-corrected chi connectivity index (χ2v) is 3.51. The SMILES string of the molecule is CCOc1ccc(C(=O)N[C@H](C)CO)cc1. The van der Waals surface area contributed by atoms with Crippen molar-refractivity contribution in [2.45, 2.75) is 19.9 Å². The van der Waals surface area contributed by atoms with Crippen LogP contribution in [0.1, 0.15) is 24.2 Å². The Bertz CT molecular complexity index is 335. The Labute approximate surface area is 95.2 Å². The highest BCUT2D eigenvalue weighted by atomic mass is 16.5. The van der Waals surface area contributed by atoms with Crippen molar-refractivity contribution in [3.63, 3.8) is 0 Å². The van der Waals surface area contributed by atoms with Crippen molar-refractivity contribution in [2.75, 3.05) is 13.2 Å². The fraction of sp³-hybridized carbons (Fsp3) is 0.417. The highest BCUT2D eigenvalue weighted by Gasteiger charge is 2.08. The molecular weight excluding hydrogens is 206 g/mol. The number of benzene rings is 1. The number of hydrogen-bond acceptors (Lipinski definition) is 3. The van der Waals surface area contributed by atoms with Crippen molar-refractivity contribution >= 4 is 5.91 Å². The molecule has 0 aromatic heterocycles. The van der Waals surface area contributed by atoms with Gasteiger partial charge < -0.3 is 15.2 Å². The molecule has 1 aromatic rings. The van der Waals surface area contributed by atoms with Gasteiger partial charge in [0.2, 0.25) is 0 Å². The second-order valence-electron chi connectivity index (χ2n) is 3.51. The molecule has 0 unspecified atom stereocenters. The van der Waals surface area contributed by atoms with E-state index in [-0.39, 0.29) is 18.6 Å². The molecule has 1 atom stereocenters. The summed E-state index contributed by atoms with van der Waals surface area (Å²) in [6.07, 6.45) is 0. The van der Waals surface area contributed by atoms with Gasteiger partial charge in [0.1, 0.15) is 5.75 Å².